The average Bonchev–Trinajstić information content (AvgIpc) is 2.69. The van der Waals surface area contributed by atoms with Crippen molar-refractivity contribution < 1.29 is 0 Å². The van der Waals surface area contributed by atoms with E-state index >= 15 is 0 Å². The van der Waals surface area contributed by atoms with E-state index in [1.54, 1.807) is 29.5 Å². The molecule has 14 heavy (non-hydrogen) atoms. The Bertz CT molecular complexity index is 446. The molecule has 0 bridgehead atoms. The third-order valence-corrected chi connectivity index (χ3v) is 1.96. The van der Waals surface area contributed by atoms with Crippen LogP contribution in [0.1, 0.15) is 0 Å². The maximum absolute atomic E-state index is 11.3. The molecule has 0 N–H and O–H groups in total. The second kappa shape index (κ2) is 3.87. The Hall–Kier alpha value is -1.91. The summed E-state index contributed by atoms with van der Waals surface area (Å²) in [6.07, 6.45) is 9.91. The number of aromatic nitrogens is 4. The van der Waals surface area contributed by atoms with Crippen molar-refractivity contribution >= 4 is 0 Å². The molecule has 0 fully saturated rings. The van der Waals surface area contributed by atoms with Gasteiger partial charge in [0.05, 0.1) is 12.5 Å². The fourth-order valence-corrected chi connectivity index (χ4v) is 1.20. The van der Waals surface area contributed by atoms with Gasteiger partial charge in [-0.1, -0.05) is 0 Å². The first-order chi connectivity index (χ1) is 6.86. The molecule has 2 aromatic rings. The van der Waals surface area contributed by atoms with E-state index in [0.29, 0.717) is 6.54 Å². The van der Waals surface area contributed by atoms with Crippen LogP contribution in [0, 0.1) is 0 Å². The first kappa shape index (κ1) is 8.68. The van der Waals surface area contributed by atoms with Crippen LogP contribution in [-0.4, -0.2) is 19.1 Å². The van der Waals surface area contributed by atoms with Crippen molar-refractivity contribution in [2.24, 2.45) is 0 Å². The van der Waals surface area contributed by atoms with Crippen LogP contribution in [0.5, 0.6) is 0 Å². The smallest absolute Gasteiger partial charge is 0.269 e. The zero-order valence-corrected chi connectivity index (χ0v) is 7.58. The lowest BCUT2D eigenvalue weighted by Gasteiger charge is -2.04. The lowest BCUT2D eigenvalue weighted by molar-refractivity contribution is 0.562. The van der Waals surface area contributed by atoms with Crippen LogP contribution in [-0.2, 0) is 13.1 Å². The Labute approximate surface area is 80.7 Å². The van der Waals surface area contributed by atoms with Gasteiger partial charge in [-0.3, -0.25) is 9.78 Å². The Morgan fingerprint density at radius 3 is 2.71 bits per heavy atom. The number of hydrogen-bond acceptors (Lipinski definition) is 3. The number of nitrogens with zero attached hydrogens (tertiary/aromatic N) is 4. The summed E-state index contributed by atoms with van der Waals surface area (Å²) in [7, 11) is 0. The fraction of sp³-hybridized carbons (Fsp3) is 0.222. The second-order valence-corrected chi connectivity index (χ2v) is 2.91. The minimum absolute atomic E-state index is 0.0763. The van der Waals surface area contributed by atoms with Gasteiger partial charge in [0.25, 0.3) is 5.56 Å². The van der Waals surface area contributed by atoms with E-state index in [1.165, 1.54) is 6.20 Å². The fourth-order valence-electron chi connectivity index (χ4n) is 1.20. The van der Waals surface area contributed by atoms with Crippen LogP contribution in [0.15, 0.2) is 42.1 Å². The quantitative estimate of drug-likeness (QED) is 0.691. The van der Waals surface area contributed by atoms with Gasteiger partial charge in [0.2, 0.25) is 0 Å². The molecule has 72 valence electrons. The standard InChI is InChI=1S/C9H10N4O/c14-9-7-10-2-4-13(9)6-5-12-3-1-11-8-12/h1-4,7-8H,5-6H2. The Morgan fingerprint density at radius 1 is 1.14 bits per heavy atom. The highest BCUT2D eigenvalue weighted by atomic mass is 16.1. The number of hydrogen-bond donors (Lipinski definition) is 0. The van der Waals surface area contributed by atoms with Gasteiger partial charge >= 0.3 is 0 Å². The molecule has 0 aliphatic rings. The van der Waals surface area contributed by atoms with Gasteiger partial charge in [0.1, 0.15) is 0 Å². The average molecular weight is 190 g/mol. The maximum Gasteiger partial charge on any atom is 0.269 e. The number of rotatable bonds is 3. The molecule has 0 saturated heterocycles. The van der Waals surface area contributed by atoms with Crippen LogP contribution in [0.2, 0.25) is 0 Å². The lowest BCUT2D eigenvalue weighted by atomic mass is 10.5. The summed E-state index contributed by atoms with van der Waals surface area (Å²) < 4.78 is 3.54. The van der Waals surface area contributed by atoms with Crippen molar-refractivity contribution in [1.82, 2.24) is 19.1 Å². The third-order valence-electron chi connectivity index (χ3n) is 1.96. The Morgan fingerprint density at radius 2 is 2.00 bits per heavy atom. The summed E-state index contributed by atoms with van der Waals surface area (Å²) >= 11 is 0. The van der Waals surface area contributed by atoms with Crippen LogP contribution >= 0.6 is 0 Å². The summed E-state index contributed by atoms with van der Waals surface area (Å²) in [6.45, 7) is 1.38. The highest BCUT2D eigenvalue weighted by Gasteiger charge is 1.94. The van der Waals surface area contributed by atoms with Gasteiger partial charge in [-0.2, -0.15) is 0 Å². The SMILES string of the molecule is O=c1cnccn1CCn1ccnc1. The highest BCUT2D eigenvalue weighted by molar-refractivity contribution is 4.81. The van der Waals surface area contributed by atoms with Crippen LogP contribution in [0.25, 0.3) is 0 Å². The molecule has 2 heterocycles. The van der Waals surface area contributed by atoms with E-state index in [1.807, 2.05) is 10.8 Å². The summed E-state index contributed by atoms with van der Waals surface area (Å²) in [4.78, 5) is 18.9. The van der Waals surface area contributed by atoms with Gasteiger partial charge < -0.3 is 9.13 Å². The molecule has 0 amide bonds. The van der Waals surface area contributed by atoms with Gasteiger partial charge in [-0.25, -0.2) is 4.98 Å². The number of aryl methyl sites for hydroxylation is 2. The van der Waals surface area contributed by atoms with E-state index in [2.05, 4.69) is 9.97 Å². The van der Waals surface area contributed by atoms with Crippen molar-refractivity contribution in [2.75, 3.05) is 0 Å². The van der Waals surface area contributed by atoms with Crippen molar-refractivity contribution in [1.29, 1.82) is 0 Å². The molecular weight excluding hydrogens is 180 g/mol. The zero-order valence-electron chi connectivity index (χ0n) is 7.58. The van der Waals surface area contributed by atoms with Gasteiger partial charge in [-0.05, 0) is 0 Å². The van der Waals surface area contributed by atoms with Crippen LogP contribution in [0.4, 0.5) is 0 Å². The van der Waals surface area contributed by atoms with E-state index < -0.39 is 0 Å². The maximum atomic E-state index is 11.3. The summed E-state index contributed by atoms with van der Waals surface area (Å²) in [5.74, 6) is 0. The molecule has 0 saturated carbocycles. The molecule has 0 atom stereocenters. The van der Waals surface area contributed by atoms with Gasteiger partial charge in [0, 0.05) is 37.9 Å². The molecule has 2 rings (SSSR count). The minimum atomic E-state index is -0.0763. The molecule has 0 unspecified atom stereocenters. The molecular formula is C9H10N4O. The first-order valence-electron chi connectivity index (χ1n) is 4.32. The van der Waals surface area contributed by atoms with E-state index in [-0.39, 0.29) is 5.56 Å². The summed E-state index contributed by atoms with van der Waals surface area (Å²) in [5.41, 5.74) is -0.0763. The summed E-state index contributed by atoms with van der Waals surface area (Å²) in [6, 6.07) is 0. The molecule has 0 spiro atoms. The Kier molecular flexibility index (Phi) is 2.40. The molecule has 0 aliphatic carbocycles. The monoisotopic (exact) mass is 190 g/mol. The second-order valence-electron chi connectivity index (χ2n) is 2.91. The van der Waals surface area contributed by atoms with Crippen molar-refractivity contribution in [3.63, 3.8) is 0 Å². The normalized spacial score (nSPS) is 10.3. The van der Waals surface area contributed by atoms with E-state index in [9.17, 15) is 4.79 Å². The minimum Gasteiger partial charge on any atom is -0.336 e. The molecule has 2 aromatic heterocycles. The predicted molar refractivity (Wildman–Crippen MR) is 50.7 cm³/mol. The third kappa shape index (κ3) is 1.87. The zero-order chi connectivity index (χ0) is 9.80. The van der Waals surface area contributed by atoms with Crippen molar-refractivity contribution in [2.45, 2.75) is 13.1 Å². The van der Waals surface area contributed by atoms with Crippen LogP contribution < -0.4 is 5.56 Å². The van der Waals surface area contributed by atoms with E-state index in [0.717, 1.165) is 6.54 Å². The van der Waals surface area contributed by atoms with Gasteiger partial charge in [0.15, 0.2) is 0 Å². The van der Waals surface area contributed by atoms with Crippen molar-refractivity contribution in [3.05, 3.63) is 47.7 Å². The highest BCUT2D eigenvalue weighted by Crippen LogP contribution is 1.88. The lowest BCUT2D eigenvalue weighted by Crippen LogP contribution is -2.21. The topological polar surface area (TPSA) is 52.7 Å². The molecule has 0 aromatic carbocycles. The first-order valence-corrected chi connectivity index (χ1v) is 4.32. The van der Waals surface area contributed by atoms with Crippen LogP contribution in [0.3, 0.4) is 0 Å². The molecule has 5 nitrogen and oxygen atoms in total. The van der Waals surface area contributed by atoms with E-state index in [4.69, 9.17) is 0 Å². The molecule has 5 heteroatoms. The largest absolute Gasteiger partial charge is 0.336 e. The molecule has 0 radical (unpaired) electrons. The predicted octanol–water partition coefficient (Wildman–Crippen LogP) is 0.140. The van der Waals surface area contributed by atoms with Crippen molar-refractivity contribution in [3.8, 4) is 0 Å². The summed E-state index contributed by atoms with van der Waals surface area (Å²) in [5, 5.41) is 0. The molecule has 0 aliphatic heterocycles. The van der Waals surface area contributed by atoms with Gasteiger partial charge in [-0.15, -0.1) is 0 Å². The number of imidazole rings is 1. The Balaban J connectivity index is 2.06.